The van der Waals surface area contributed by atoms with E-state index < -0.39 is 0 Å². The summed E-state index contributed by atoms with van der Waals surface area (Å²) in [6.45, 7) is 2.69. The summed E-state index contributed by atoms with van der Waals surface area (Å²) in [5, 5.41) is 5.77. The molecular weight excluding hydrogens is 266 g/mol. The van der Waals surface area contributed by atoms with Crippen LogP contribution in [0.3, 0.4) is 0 Å². The number of urea groups is 1. The molecule has 0 heterocycles. The summed E-state index contributed by atoms with van der Waals surface area (Å²) in [5.74, 6) is 0.592. The molecule has 1 fully saturated rings. The predicted octanol–water partition coefficient (Wildman–Crippen LogP) is 1.64. The fraction of sp³-hybridized carbons (Fsp3) is 0.500. The number of carbonyl (C=O) groups is 2. The minimum absolute atomic E-state index is 0.00901. The van der Waals surface area contributed by atoms with Crippen LogP contribution in [0, 0.1) is 5.92 Å². The van der Waals surface area contributed by atoms with Gasteiger partial charge in [-0.15, -0.1) is 0 Å². The average Bonchev–Trinajstić information content (AvgIpc) is 3.13. The van der Waals surface area contributed by atoms with Gasteiger partial charge >= 0.3 is 6.03 Å². The standard InChI is InChI=1S/C16H23N3O2/c1-11-9-14(11)18-16(21)17-8-7-12-5-4-6-13(10-12)15(20)19(2)3/h4-6,10-11,14H,7-9H2,1-3H3,(H2,17,18,21)/t11-,14+/m1/s1. The average molecular weight is 289 g/mol. The van der Waals surface area contributed by atoms with E-state index in [2.05, 4.69) is 17.6 Å². The molecule has 5 nitrogen and oxygen atoms in total. The lowest BCUT2D eigenvalue weighted by atomic mass is 10.1. The van der Waals surface area contributed by atoms with Crippen molar-refractivity contribution in [2.24, 2.45) is 5.92 Å². The zero-order valence-electron chi connectivity index (χ0n) is 12.8. The van der Waals surface area contributed by atoms with Crippen LogP contribution in [0.15, 0.2) is 24.3 Å². The highest BCUT2D eigenvalue weighted by Crippen LogP contribution is 2.28. The number of benzene rings is 1. The van der Waals surface area contributed by atoms with Gasteiger partial charge in [-0.1, -0.05) is 19.1 Å². The van der Waals surface area contributed by atoms with Crippen LogP contribution < -0.4 is 10.6 Å². The Hall–Kier alpha value is -2.04. The summed E-state index contributed by atoms with van der Waals surface area (Å²) >= 11 is 0. The number of amides is 3. The summed E-state index contributed by atoms with van der Waals surface area (Å²) < 4.78 is 0. The molecule has 1 aliphatic carbocycles. The van der Waals surface area contributed by atoms with Gasteiger partial charge in [-0.25, -0.2) is 4.79 Å². The molecule has 0 aromatic heterocycles. The molecule has 1 aromatic carbocycles. The Morgan fingerprint density at radius 3 is 2.67 bits per heavy atom. The summed E-state index contributed by atoms with van der Waals surface area (Å²) in [6, 6.07) is 7.76. The third kappa shape index (κ3) is 4.48. The molecule has 0 radical (unpaired) electrons. The third-order valence-electron chi connectivity index (χ3n) is 3.71. The van der Waals surface area contributed by atoms with E-state index in [9.17, 15) is 9.59 Å². The summed E-state index contributed by atoms with van der Waals surface area (Å²) in [7, 11) is 3.47. The highest BCUT2D eigenvalue weighted by Gasteiger charge is 2.33. The molecule has 5 heteroatoms. The van der Waals surface area contributed by atoms with Crippen molar-refractivity contribution in [2.45, 2.75) is 25.8 Å². The van der Waals surface area contributed by atoms with Crippen LogP contribution in [0.4, 0.5) is 4.79 Å². The SMILES string of the molecule is C[C@@H]1C[C@@H]1NC(=O)NCCc1cccc(C(=O)N(C)C)c1. The smallest absolute Gasteiger partial charge is 0.315 e. The highest BCUT2D eigenvalue weighted by atomic mass is 16.2. The van der Waals surface area contributed by atoms with Gasteiger partial charge in [0.2, 0.25) is 0 Å². The van der Waals surface area contributed by atoms with Crippen molar-refractivity contribution < 1.29 is 9.59 Å². The van der Waals surface area contributed by atoms with Crippen LogP contribution in [-0.4, -0.2) is 43.5 Å². The Morgan fingerprint density at radius 1 is 1.33 bits per heavy atom. The first-order chi connectivity index (χ1) is 9.97. The molecule has 0 bridgehead atoms. The van der Waals surface area contributed by atoms with Crippen LogP contribution in [0.2, 0.25) is 0 Å². The van der Waals surface area contributed by atoms with Crippen molar-refractivity contribution in [1.82, 2.24) is 15.5 Å². The maximum absolute atomic E-state index is 11.9. The van der Waals surface area contributed by atoms with Crippen LogP contribution in [0.5, 0.6) is 0 Å². The van der Waals surface area contributed by atoms with E-state index in [4.69, 9.17) is 0 Å². The second kappa shape index (κ2) is 6.61. The molecule has 2 rings (SSSR count). The van der Waals surface area contributed by atoms with Gasteiger partial charge < -0.3 is 15.5 Å². The molecule has 21 heavy (non-hydrogen) atoms. The zero-order chi connectivity index (χ0) is 15.4. The minimum Gasteiger partial charge on any atom is -0.345 e. The van der Waals surface area contributed by atoms with Gasteiger partial charge in [-0.3, -0.25) is 4.79 Å². The van der Waals surface area contributed by atoms with Gasteiger partial charge in [0.05, 0.1) is 0 Å². The molecule has 0 aliphatic heterocycles. The molecular formula is C16H23N3O2. The topological polar surface area (TPSA) is 61.4 Å². The fourth-order valence-electron chi connectivity index (χ4n) is 2.18. The van der Waals surface area contributed by atoms with Gasteiger partial charge in [0, 0.05) is 32.2 Å². The third-order valence-corrected chi connectivity index (χ3v) is 3.71. The Kier molecular flexibility index (Phi) is 4.83. The molecule has 1 aromatic rings. The van der Waals surface area contributed by atoms with E-state index in [1.807, 2.05) is 18.2 Å². The molecule has 2 atom stereocenters. The molecule has 114 valence electrons. The van der Waals surface area contributed by atoms with E-state index in [1.54, 1.807) is 25.1 Å². The number of carbonyl (C=O) groups excluding carboxylic acids is 2. The Bertz CT molecular complexity index is 528. The van der Waals surface area contributed by atoms with Crippen LogP contribution in [-0.2, 0) is 6.42 Å². The first kappa shape index (κ1) is 15.4. The molecule has 1 saturated carbocycles. The molecule has 0 saturated heterocycles. The van der Waals surface area contributed by atoms with Gasteiger partial charge in [-0.05, 0) is 36.5 Å². The number of hydrogen-bond acceptors (Lipinski definition) is 2. The number of rotatable bonds is 5. The maximum Gasteiger partial charge on any atom is 0.315 e. The van der Waals surface area contributed by atoms with Crippen molar-refractivity contribution in [3.8, 4) is 0 Å². The molecule has 1 aliphatic rings. The first-order valence-corrected chi connectivity index (χ1v) is 7.32. The van der Waals surface area contributed by atoms with E-state index in [-0.39, 0.29) is 11.9 Å². The van der Waals surface area contributed by atoms with Crippen molar-refractivity contribution in [2.75, 3.05) is 20.6 Å². The molecule has 0 spiro atoms. The molecule has 3 amide bonds. The van der Waals surface area contributed by atoms with Crippen LogP contribution >= 0.6 is 0 Å². The van der Waals surface area contributed by atoms with E-state index in [1.165, 1.54) is 0 Å². The lowest BCUT2D eigenvalue weighted by Gasteiger charge is -2.11. The first-order valence-electron chi connectivity index (χ1n) is 7.32. The minimum atomic E-state index is -0.107. The van der Waals surface area contributed by atoms with Gasteiger partial charge in [-0.2, -0.15) is 0 Å². The summed E-state index contributed by atoms with van der Waals surface area (Å²) in [4.78, 5) is 25.1. The van der Waals surface area contributed by atoms with Gasteiger partial charge in [0.1, 0.15) is 0 Å². The number of nitrogens with one attached hydrogen (secondary N) is 2. The Morgan fingerprint density at radius 2 is 2.05 bits per heavy atom. The van der Waals surface area contributed by atoms with Gasteiger partial charge in [0.25, 0.3) is 5.91 Å². The van der Waals surface area contributed by atoms with Crippen molar-refractivity contribution in [3.05, 3.63) is 35.4 Å². The lowest BCUT2D eigenvalue weighted by Crippen LogP contribution is -2.38. The second-order valence-corrected chi connectivity index (χ2v) is 5.87. The number of nitrogens with zero attached hydrogens (tertiary/aromatic N) is 1. The Balaban J connectivity index is 1.79. The van der Waals surface area contributed by atoms with Crippen LogP contribution in [0.1, 0.15) is 29.3 Å². The van der Waals surface area contributed by atoms with Gasteiger partial charge in [0.15, 0.2) is 0 Å². The summed E-state index contributed by atoms with van der Waals surface area (Å²) in [6.07, 6.45) is 1.78. The Labute approximate surface area is 125 Å². The van der Waals surface area contributed by atoms with E-state index in [0.29, 0.717) is 30.5 Å². The largest absolute Gasteiger partial charge is 0.345 e. The maximum atomic E-state index is 11.9. The monoisotopic (exact) mass is 289 g/mol. The van der Waals surface area contributed by atoms with Crippen molar-refractivity contribution in [1.29, 1.82) is 0 Å². The van der Waals surface area contributed by atoms with E-state index >= 15 is 0 Å². The van der Waals surface area contributed by atoms with Crippen LogP contribution in [0.25, 0.3) is 0 Å². The normalized spacial score (nSPS) is 19.8. The fourth-order valence-corrected chi connectivity index (χ4v) is 2.18. The second-order valence-electron chi connectivity index (χ2n) is 5.87. The lowest BCUT2D eigenvalue weighted by molar-refractivity contribution is 0.0827. The van der Waals surface area contributed by atoms with Crippen molar-refractivity contribution in [3.63, 3.8) is 0 Å². The zero-order valence-corrected chi connectivity index (χ0v) is 12.8. The number of hydrogen-bond donors (Lipinski definition) is 2. The molecule has 0 unspecified atom stereocenters. The predicted molar refractivity (Wildman–Crippen MR) is 82.3 cm³/mol. The molecule has 2 N–H and O–H groups in total. The quantitative estimate of drug-likeness (QED) is 0.865. The highest BCUT2D eigenvalue weighted by molar-refractivity contribution is 5.94. The summed E-state index contributed by atoms with van der Waals surface area (Å²) in [5.41, 5.74) is 1.72. The van der Waals surface area contributed by atoms with Crippen molar-refractivity contribution >= 4 is 11.9 Å². The van der Waals surface area contributed by atoms with E-state index in [0.717, 1.165) is 12.0 Å².